The van der Waals surface area contributed by atoms with E-state index in [9.17, 15) is 0 Å². The van der Waals surface area contributed by atoms with E-state index in [1.807, 2.05) is 0 Å². The molecule has 0 rings (SSSR count). The Morgan fingerprint density at radius 1 is 1.20 bits per heavy atom. The van der Waals surface area contributed by atoms with Crippen molar-refractivity contribution in [2.75, 3.05) is 0 Å². The van der Waals surface area contributed by atoms with Gasteiger partial charge in [0.1, 0.15) is 0 Å². The molecule has 0 saturated heterocycles. The van der Waals surface area contributed by atoms with E-state index >= 15 is 0 Å². The Balaban J connectivity index is -0.0000000200. The van der Waals surface area contributed by atoms with Crippen LogP contribution in [0.15, 0.2) is 0 Å². The Hall–Kier alpha value is 2.34. The summed E-state index contributed by atoms with van der Waals surface area (Å²) in [7, 11) is 1.38. The molecule has 0 nitrogen and oxygen atoms in total. The molecule has 0 aliphatic rings. The van der Waals surface area contributed by atoms with Crippen LogP contribution in [0.25, 0.3) is 0 Å². The van der Waals surface area contributed by atoms with Gasteiger partial charge in [0, 0.05) is 58.4 Å². The first kappa shape index (κ1) is 15.7. The van der Waals surface area contributed by atoms with Crippen LogP contribution in [0.4, 0.5) is 0 Å². The molecule has 0 N–H and O–H groups in total. The van der Waals surface area contributed by atoms with Crippen LogP contribution < -0.4 is 0 Å². The minimum Gasteiger partial charge on any atom is -0.00382 e. The molecule has 0 atom stereocenters. The molecule has 0 bridgehead atoms. The van der Waals surface area contributed by atoms with E-state index in [4.69, 9.17) is 0 Å². The van der Waals surface area contributed by atoms with Crippen molar-refractivity contribution in [2.45, 2.75) is 0 Å². The molecule has 0 aromatic heterocycles. The van der Waals surface area contributed by atoms with Crippen molar-refractivity contribution in [2.24, 2.45) is 0 Å². The zero-order chi connectivity index (χ0) is 2.71. The summed E-state index contributed by atoms with van der Waals surface area (Å²) in [6, 6.07) is 0. The van der Waals surface area contributed by atoms with Crippen LogP contribution in [0, 0.1) is 0 Å². The summed E-state index contributed by atoms with van der Waals surface area (Å²) in [6.45, 7) is 0. The average molecular weight is 230 g/mol. The minimum atomic E-state index is 0. The Kier molecular flexibility index (Phi) is 50.8. The molecule has 0 aliphatic carbocycles. The molecule has 0 aromatic rings. The Bertz CT molecular complexity index is 9.61. The van der Waals surface area contributed by atoms with Crippen LogP contribution in [-0.4, -0.2) is 18.9 Å². The summed E-state index contributed by atoms with van der Waals surface area (Å²) in [4.78, 5) is 0. The molecule has 4 radical (unpaired) electrons. The van der Waals surface area contributed by atoms with E-state index in [0.29, 0.717) is 0 Å². The summed E-state index contributed by atoms with van der Waals surface area (Å²) >= 11 is 5.96. The molecule has 0 heterocycles. The molecular weight excluding hydrogens is 230 g/mol. The smallest absolute Gasteiger partial charge is 0.00191 e. The maximum atomic E-state index is 2.98. The van der Waals surface area contributed by atoms with E-state index in [-0.39, 0.29) is 28.8 Å². The predicted molar refractivity (Wildman–Crippen MR) is 38.1 cm³/mol. The zero-order valence-corrected chi connectivity index (χ0v) is 7.49. The molecule has 0 fully saturated rings. The van der Waals surface area contributed by atoms with Gasteiger partial charge in [-0.15, -0.1) is 0 Å². The van der Waals surface area contributed by atoms with E-state index in [1.165, 1.54) is 8.63 Å². The fourth-order valence-corrected chi connectivity index (χ4v) is 0. The van der Waals surface area contributed by atoms with Crippen molar-refractivity contribution in [1.82, 2.24) is 0 Å². The first-order valence-corrected chi connectivity index (χ1v) is 4.81. The normalized spacial score (nSPS) is 3.60. The van der Waals surface area contributed by atoms with Gasteiger partial charge < -0.3 is 0 Å². The predicted octanol–water partition coefficient (Wildman–Crippen LogP) is 2.82. The van der Waals surface area contributed by atoms with Gasteiger partial charge in [0.25, 0.3) is 0 Å². The van der Waals surface area contributed by atoms with E-state index in [1.54, 1.807) is 0 Å². The number of rotatable bonds is 0. The monoisotopic (exact) mass is 228 g/mol. The molecule has 0 amide bonds. The molecule has 0 aliphatic heterocycles. The van der Waals surface area contributed by atoms with Gasteiger partial charge in [-0.1, -0.05) is 0 Å². The van der Waals surface area contributed by atoms with Gasteiger partial charge >= 0.3 is 0 Å². The third-order valence-corrected chi connectivity index (χ3v) is 0. The Morgan fingerprint density at radius 3 is 1.20 bits per heavy atom. The Labute approximate surface area is 66.4 Å². The molecule has 0 aromatic carbocycles. The summed E-state index contributed by atoms with van der Waals surface area (Å²) < 4.78 is 0. The van der Waals surface area contributed by atoms with Crippen molar-refractivity contribution >= 4 is 67.0 Å². The van der Waals surface area contributed by atoms with E-state index < -0.39 is 0 Å². The second-order valence-electron chi connectivity index (χ2n) is 0.0583. The standard InChI is InChI=1S/Br2S.Li.P/c1-3-2;;. The van der Waals surface area contributed by atoms with Gasteiger partial charge in [0.2, 0.25) is 0 Å². The number of halogens is 2. The topological polar surface area (TPSA) is 0 Å². The van der Waals surface area contributed by atoms with Crippen LogP contribution in [0.3, 0.4) is 0 Å². The van der Waals surface area contributed by atoms with E-state index in [0.717, 1.165) is 0 Å². The average Bonchev–Trinajstić information content (AvgIpc) is 0.918. The van der Waals surface area contributed by atoms with Crippen molar-refractivity contribution in [3.05, 3.63) is 0 Å². The molecule has 0 saturated carbocycles. The van der Waals surface area contributed by atoms with Gasteiger partial charge in [0.05, 0.1) is 0 Å². The summed E-state index contributed by atoms with van der Waals surface area (Å²) in [5.74, 6) is 0. The van der Waals surface area contributed by atoms with Crippen LogP contribution >= 0.6 is 48.2 Å². The van der Waals surface area contributed by atoms with Crippen molar-refractivity contribution < 1.29 is 0 Å². The van der Waals surface area contributed by atoms with Gasteiger partial charge in [-0.25, -0.2) is 0 Å². The van der Waals surface area contributed by atoms with Crippen molar-refractivity contribution in [3.8, 4) is 0 Å². The maximum absolute atomic E-state index is 2.98. The fraction of sp³-hybridized carbons (Fsp3) is 0. The first-order valence-electron chi connectivity index (χ1n) is 0.309. The molecule has 0 spiro atoms. The quantitative estimate of drug-likeness (QED) is 0.455. The minimum absolute atomic E-state index is 0. The number of hydrogen-bond donors (Lipinski definition) is 0. The van der Waals surface area contributed by atoms with Crippen molar-refractivity contribution in [1.29, 1.82) is 0 Å². The fourth-order valence-electron chi connectivity index (χ4n) is 0. The second-order valence-corrected chi connectivity index (χ2v) is 4.72. The molecular formula is Br2LiPS. The third kappa shape index (κ3) is 21.8. The van der Waals surface area contributed by atoms with Gasteiger partial charge in [-0.3, -0.25) is 0 Å². The van der Waals surface area contributed by atoms with Crippen LogP contribution in [0.1, 0.15) is 0 Å². The van der Waals surface area contributed by atoms with Crippen molar-refractivity contribution in [3.63, 3.8) is 0 Å². The third-order valence-electron chi connectivity index (χ3n) is 0. The molecule has 5 heavy (non-hydrogen) atoms. The van der Waals surface area contributed by atoms with Crippen LogP contribution in [-0.2, 0) is 0 Å². The summed E-state index contributed by atoms with van der Waals surface area (Å²) in [5, 5.41) is 0. The van der Waals surface area contributed by atoms with Gasteiger partial charge in [-0.05, 0) is 8.63 Å². The van der Waals surface area contributed by atoms with Gasteiger partial charge in [0.15, 0.2) is 0 Å². The number of hydrogen-bond acceptors (Lipinski definition) is 1. The molecule has 26 valence electrons. The van der Waals surface area contributed by atoms with E-state index in [2.05, 4.69) is 29.6 Å². The molecule has 5 heteroatoms. The summed E-state index contributed by atoms with van der Waals surface area (Å²) in [6.07, 6.45) is 0. The zero-order valence-electron chi connectivity index (χ0n) is 2.61. The van der Waals surface area contributed by atoms with Gasteiger partial charge in [-0.2, -0.15) is 0 Å². The Morgan fingerprint density at radius 2 is 1.20 bits per heavy atom. The first-order chi connectivity index (χ1) is 1.41. The van der Waals surface area contributed by atoms with Crippen LogP contribution in [0.5, 0.6) is 0 Å². The largest absolute Gasteiger partial charge is 0.00382 e. The second kappa shape index (κ2) is 16.2. The summed E-state index contributed by atoms with van der Waals surface area (Å²) in [5.41, 5.74) is 0. The molecule has 0 unspecified atom stereocenters. The van der Waals surface area contributed by atoms with Crippen LogP contribution in [0.2, 0.25) is 0 Å². The SMILES string of the molecule is BrSBr.[Li].[P]. The maximum Gasteiger partial charge on any atom is 0.00191 e.